The van der Waals surface area contributed by atoms with Gasteiger partial charge in [0.1, 0.15) is 0 Å². The molecule has 19 heavy (non-hydrogen) atoms. The maximum Gasteiger partial charge on any atom is 0.340 e. The highest BCUT2D eigenvalue weighted by Crippen LogP contribution is 1.97. The molecule has 0 atom stereocenters. The highest BCUT2D eigenvalue weighted by Gasteiger charge is 2.10. The predicted molar refractivity (Wildman–Crippen MR) is 67.3 cm³/mol. The van der Waals surface area contributed by atoms with Crippen LogP contribution in [0.3, 0.4) is 0 Å². The largest absolute Gasteiger partial charge is 0.481 e. The van der Waals surface area contributed by atoms with Crippen LogP contribution in [0, 0.1) is 0 Å². The summed E-state index contributed by atoms with van der Waals surface area (Å²) in [7, 11) is 0. The summed E-state index contributed by atoms with van der Waals surface area (Å²) in [4.78, 5) is 39.3. The Morgan fingerprint density at radius 2 is 0.895 bits per heavy atom. The number of aliphatic carboxylic acids is 2. The van der Waals surface area contributed by atoms with Crippen molar-refractivity contribution in [2.24, 2.45) is 0 Å². The number of carbonyl (C=O) groups is 4. The van der Waals surface area contributed by atoms with Crippen molar-refractivity contribution in [2.45, 2.75) is 27.7 Å². The van der Waals surface area contributed by atoms with Crippen LogP contribution in [0.25, 0.3) is 0 Å². The first-order chi connectivity index (χ1) is 8.41. The van der Waals surface area contributed by atoms with Crippen LogP contribution in [0.1, 0.15) is 27.7 Å². The van der Waals surface area contributed by atoms with Gasteiger partial charge in [0.15, 0.2) is 0 Å². The van der Waals surface area contributed by atoms with Gasteiger partial charge < -0.3 is 14.9 Å². The van der Waals surface area contributed by atoms with Crippen molar-refractivity contribution in [2.75, 3.05) is 0 Å². The maximum atomic E-state index is 10.7. The van der Waals surface area contributed by atoms with Gasteiger partial charge in [-0.25, -0.2) is 9.59 Å². The van der Waals surface area contributed by atoms with Crippen LogP contribution in [-0.4, -0.2) is 34.1 Å². The number of carboxylic acid groups (broad SMARTS) is 2. The maximum absolute atomic E-state index is 10.7. The molecule has 0 unspecified atom stereocenters. The highest BCUT2D eigenvalue weighted by molar-refractivity contribution is 6.00. The molecule has 0 amide bonds. The van der Waals surface area contributed by atoms with E-state index >= 15 is 0 Å². The molecule has 0 saturated heterocycles. The molecule has 0 aromatic heterocycles. The summed E-state index contributed by atoms with van der Waals surface area (Å²) in [6.45, 7) is 11.7. The van der Waals surface area contributed by atoms with Crippen molar-refractivity contribution in [3.8, 4) is 0 Å². The Morgan fingerprint density at radius 3 is 1.00 bits per heavy atom. The fourth-order valence-electron chi connectivity index (χ4n) is 0.258. The lowest BCUT2D eigenvalue weighted by Gasteiger charge is -1.99. The Morgan fingerprint density at radius 1 is 0.737 bits per heavy atom. The second kappa shape index (κ2) is 12.0. The Kier molecular flexibility index (Phi) is 13.8. The molecule has 0 aliphatic heterocycles. The summed E-state index contributed by atoms with van der Waals surface area (Å²) in [5, 5.41) is 14.8. The van der Waals surface area contributed by atoms with Crippen LogP contribution < -0.4 is 0 Å². The SMILES string of the molecule is C=C(C)C(=O)OC(=O)C(=C)C.CC(=O)O.CC(=O)O. The van der Waals surface area contributed by atoms with E-state index in [2.05, 4.69) is 17.9 Å². The summed E-state index contributed by atoms with van der Waals surface area (Å²) in [6, 6.07) is 0. The van der Waals surface area contributed by atoms with Crippen LogP contribution in [0.2, 0.25) is 0 Å². The number of carboxylic acids is 2. The molecule has 0 fully saturated rings. The lowest BCUT2D eigenvalue weighted by atomic mass is 10.3. The molecule has 0 spiro atoms. The normalized spacial score (nSPS) is 7.58. The Hall–Kier alpha value is -2.44. The molecule has 0 radical (unpaired) electrons. The molecule has 7 heteroatoms. The van der Waals surface area contributed by atoms with E-state index in [0.717, 1.165) is 13.8 Å². The molecule has 2 N–H and O–H groups in total. The van der Waals surface area contributed by atoms with Gasteiger partial charge in [-0.15, -0.1) is 0 Å². The molecule has 0 heterocycles. The molecule has 0 saturated carbocycles. The zero-order chi connectivity index (χ0) is 16.2. The van der Waals surface area contributed by atoms with E-state index in [1.165, 1.54) is 13.8 Å². The van der Waals surface area contributed by atoms with Crippen molar-refractivity contribution >= 4 is 23.9 Å². The third-order valence-electron chi connectivity index (χ3n) is 0.882. The first kappa shape index (κ1) is 21.8. The van der Waals surface area contributed by atoms with E-state index in [0.29, 0.717) is 0 Å². The predicted octanol–water partition coefficient (Wildman–Crippen LogP) is 1.39. The minimum atomic E-state index is -0.833. The van der Waals surface area contributed by atoms with Crippen molar-refractivity contribution in [1.29, 1.82) is 0 Å². The van der Waals surface area contributed by atoms with Crippen LogP contribution >= 0.6 is 0 Å². The average Bonchev–Trinajstić information content (AvgIpc) is 2.14. The van der Waals surface area contributed by atoms with Crippen molar-refractivity contribution < 1.29 is 34.1 Å². The fraction of sp³-hybridized carbons (Fsp3) is 0.333. The standard InChI is InChI=1S/C8H10O3.2C2H4O2/c1-5(2)7(9)11-8(10)6(3)4;2*1-2(3)4/h1,3H2,2,4H3;2*1H3,(H,3,4). The summed E-state index contributed by atoms with van der Waals surface area (Å²) in [6.07, 6.45) is 0. The molecule has 0 aromatic rings. The lowest BCUT2D eigenvalue weighted by Crippen LogP contribution is -2.12. The molecule has 7 nitrogen and oxygen atoms in total. The Bertz CT molecular complexity index is 336. The summed E-state index contributed by atoms with van der Waals surface area (Å²) >= 11 is 0. The van der Waals surface area contributed by atoms with Crippen molar-refractivity contribution in [3.05, 3.63) is 24.3 Å². The van der Waals surface area contributed by atoms with Gasteiger partial charge in [-0.1, -0.05) is 13.2 Å². The van der Waals surface area contributed by atoms with Crippen molar-refractivity contribution in [1.82, 2.24) is 0 Å². The Labute approximate surface area is 111 Å². The number of ether oxygens (including phenoxy) is 1. The summed E-state index contributed by atoms with van der Waals surface area (Å²) in [5.41, 5.74) is 0.388. The average molecular weight is 274 g/mol. The van der Waals surface area contributed by atoms with Gasteiger partial charge >= 0.3 is 11.9 Å². The molecule has 108 valence electrons. The number of carbonyl (C=O) groups excluding carboxylic acids is 2. The van der Waals surface area contributed by atoms with Crippen molar-refractivity contribution in [3.63, 3.8) is 0 Å². The number of hydrogen-bond donors (Lipinski definition) is 2. The van der Waals surface area contributed by atoms with Gasteiger partial charge in [-0.05, 0) is 13.8 Å². The third-order valence-corrected chi connectivity index (χ3v) is 0.882. The third kappa shape index (κ3) is 31.3. The first-order valence-corrected chi connectivity index (χ1v) is 4.88. The Balaban J connectivity index is -0.000000264. The van der Waals surface area contributed by atoms with Gasteiger partial charge in [0, 0.05) is 25.0 Å². The minimum absolute atomic E-state index is 0.194. The van der Waals surface area contributed by atoms with E-state index in [1.54, 1.807) is 0 Å². The number of esters is 2. The van der Waals surface area contributed by atoms with Gasteiger partial charge in [-0.2, -0.15) is 0 Å². The van der Waals surface area contributed by atoms with Gasteiger partial charge in [0.2, 0.25) is 0 Å². The van der Waals surface area contributed by atoms with Crippen LogP contribution in [-0.2, 0) is 23.9 Å². The zero-order valence-electron chi connectivity index (χ0n) is 11.3. The van der Waals surface area contributed by atoms with Gasteiger partial charge in [0.05, 0.1) is 0 Å². The van der Waals surface area contributed by atoms with Gasteiger partial charge in [-0.3, -0.25) is 9.59 Å². The molecule has 0 aromatic carbocycles. The second-order valence-electron chi connectivity index (χ2n) is 3.28. The minimum Gasteiger partial charge on any atom is -0.481 e. The van der Waals surface area contributed by atoms with E-state index in [9.17, 15) is 9.59 Å². The highest BCUT2D eigenvalue weighted by atomic mass is 16.6. The number of hydrogen-bond acceptors (Lipinski definition) is 5. The monoisotopic (exact) mass is 274 g/mol. The van der Waals surface area contributed by atoms with E-state index in [1.807, 2.05) is 0 Å². The fourth-order valence-corrected chi connectivity index (χ4v) is 0.258. The molecule has 0 rings (SSSR count). The topological polar surface area (TPSA) is 118 Å². The van der Waals surface area contributed by atoms with Crippen LogP contribution in [0.15, 0.2) is 24.3 Å². The molecular weight excluding hydrogens is 256 g/mol. The van der Waals surface area contributed by atoms with Crippen LogP contribution in [0.4, 0.5) is 0 Å². The van der Waals surface area contributed by atoms with E-state index in [4.69, 9.17) is 19.8 Å². The quantitative estimate of drug-likeness (QED) is 0.443. The zero-order valence-corrected chi connectivity index (χ0v) is 11.3. The first-order valence-electron chi connectivity index (χ1n) is 4.88. The smallest absolute Gasteiger partial charge is 0.340 e. The molecule has 0 aliphatic rings. The van der Waals surface area contributed by atoms with Crippen LogP contribution in [0.5, 0.6) is 0 Å². The molecular formula is C12H18O7. The molecule has 0 aliphatic carbocycles. The number of rotatable bonds is 2. The van der Waals surface area contributed by atoms with Gasteiger partial charge in [0.25, 0.3) is 11.9 Å². The lowest BCUT2D eigenvalue weighted by molar-refractivity contribution is -0.154. The van der Waals surface area contributed by atoms with E-state index < -0.39 is 23.9 Å². The second-order valence-corrected chi connectivity index (χ2v) is 3.28. The molecule has 0 bridgehead atoms. The van der Waals surface area contributed by atoms with E-state index in [-0.39, 0.29) is 11.1 Å². The summed E-state index contributed by atoms with van der Waals surface area (Å²) < 4.78 is 4.30. The summed E-state index contributed by atoms with van der Waals surface area (Å²) in [5.74, 6) is -3.09.